The molecule has 0 radical (unpaired) electrons. The molecule has 20 heavy (non-hydrogen) atoms. The molecule has 0 amide bonds. The summed E-state index contributed by atoms with van der Waals surface area (Å²) >= 11 is 0. The van der Waals surface area contributed by atoms with E-state index in [-0.39, 0.29) is 23.4 Å². The van der Waals surface area contributed by atoms with Crippen molar-refractivity contribution in [2.24, 2.45) is 5.41 Å². The molecule has 110 valence electrons. The van der Waals surface area contributed by atoms with E-state index < -0.39 is 11.6 Å². The SMILES string of the molecule is OC1CC(Oc2ccc(F)cc2F)C12CCCCCC2. The van der Waals surface area contributed by atoms with Crippen LogP contribution >= 0.6 is 0 Å². The molecule has 2 atom stereocenters. The molecular formula is C16H20F2O2. The summed E-state index contributed by atoms with van der Waals surface area (Å²) in [5, 5.41) is 10.2. The highest BCUT2D eigenvalue weighted by atomic mass is 19.1. The van der Waals surface area contributed by atoms with Crippen molar-refractivity contribution >= 4 is 0 Å². The third kappa shape index (κ3) is 2.30. The second kappa shape index (κ2) is 5.32. The van der Waals surface area contributed by atoms with E-state index in [9.17, 15) is 13.9 Å². The zero-order chi connectivity index (χ0) is 14.2. The molecule has 0 saturated heterocycles. The summed E-state index contributed by atoms with van der Waals surface area (Å²) in [6.45, 7) is 0. The lowest BCUT2D eigenvalue weighted by molar-refractivity contribution is -0.163. The minimum Gasteiger partial charge on any atom is -0.487 e. The Balaban J connectivity index is 1.76. The molecule has 1 N–H and O–H groups in total. The van der Waals surface area contributed by atoms with Crippen molar-refractivity contribution in [2.75, 3.05) is 0 Å². The molecule has 0 heterocycles. The number of hydrogen-bond acceptors (Lipinski definition) is 2. The van der Waals surface area contributed by atoms with Gasteiger partial charge >= 0.3 is 0 Å². The number of benzene rings is 1. The van der Waals surface area contributed by atoms with Crippen molar-refractivity contribution in [3.8, 4) is 5.75 Å². The number of halogens is 2. The minimum absolute atomic E-state index is 0.0897. The predicted molar refractivity (Wildman–Crippen MR) is 71.5 cm³/mol. The number of rotatable bonds is 2. The highest BCUT2D eigenvalue weighted by molar-refractivity contribution is 5.26. The van der Waals surface area contributed by atoms with Crippen LogP contribution in [0.5, 0.6) is 5.75 Å². The van der Waals surface area contributed by atoms with Gasteiger partial charge in [-0.2, -0.15) is 0 Å². The Morgan fingerprint density at radius 1 is 1.10 bits per heavy atom. The fourth-order valence-electron chi connectivity index (χ4n) is 3.66. The van der Waals surface area contributed by atoms with Gasteiger partial charge in [0.15, 0.2) is 11.6 Å². The Morgan fingerprint density at radius 3 is 2.40 bits per heavy atom. The molecule has 1 aromatic carbocycles. The van der Waals surface area contributed by atoms with Crippen molar-refractivity contribution in [1.82, 2.24) is 0 Å². The van der Waals surface area contributed by atoms with Gasteiger partial charge in [0.05, 0.1) is 6.10 Å². The van der Waals surface area contributed by atoms with E-state index in [0.29, 0.717) is 6.42 Å². The van der Waals surface area contributed by atoms with E-state index >= 15 is 0 Å². The lowest BCUT2D eigenvalue weighted by atomic mass is 9.59. The summed E-state index contributed by atoms with van der Waals surface area (Å²) in [4.78, 5) is 0. The predicted octanol–water partition coefficient (Wildman–Crippen LogP) is 3.82. The van der Waals surface area contributed by atoms with Gasteiger partial charge in [-0.25, -0.2) is 8.78 Å². The van der Waals surface area contributed by atoms with Crippen molar-refractivity contribution in [3.63, 3.8) is 0 Å². The van der Waals surface area contributed by atoms with E-state index in [1.54, 1.807) is 0 Å². The van der Waals surface area contributed by atoms with Crippen LogP contribution in [0.4, 0.5) is 8.78 Å². The van der Waals surface area contributed by atoms with Gasteiger partial charge in [-0.3, -0.25) is 0 Å². The zero-order valence-electron chi connectivity index (χ0n) is 11.4. The first-order valence-corrected chi connectivity index (χ1v) is 7.41. The largest absolute Gasteiger partial charge is 0.487 e. The van der Waals surface area contributed by atoms with Crippen molar-refractivity contribution in [1.29, 1.82) is 0 Å². The van der Waals surface area contributed by atoms with Crippen LogP contribution in [-0.4, -0.2) is 17.3 Å². The Hall–Kier alpha value is -1.16. The summed E-state index contributed by atoms with van der Waals surface area (Å²) in [5.74, 6) is -1.19. The van der Waals surface area contributed by atoms with Crippen molar-refractivity contribution < 1.29 is 18.6 Å². The molecule has 2 saturated carbocycles. The van der Waals surface area contributed by atoms with Crippen LogP contribution in [0.3, 0.4) is 0 Å². The second-order valence-corrected chi connectivity index (χ2v) is 6.08. The van der Waals surface area contributed by atoms with E-state index in [2.05, 4.69) is 0 Å². The van der Waals surface area contributed by atoms with Gasteiger partial charge in [-0.15, -0.1) is 0 Å². The Bertz CT molecular complexity index is 481. The van der Waals surface area contributed by atoms with E-state index in [0.717, 1.165) is 31.7 Å². The summed E-state index contributed by atoms with van der Waals surface area (Å²) < 4.78 is 32.3. The summed E-state index contributed by atoms with van der Waals surface area (Å²) in [6, 6.07) is 3.37. The molecule has 0 aromatic heterocycles. The van der Waals surface area contributed by atoms with Gasteiger partial charge in [0.1, 0.15) is 11.9 Å². The lowest BCUT2D eigenvalue weighted by Crippen LogP contribution is -2.59. The highest BCUT2D eigenvalue weighted by Crippen LogP contribution is 2.52. The monoisotopic (exact) mass is 282 g/mol. The molecule has 2 nitrogen and oxygen atoms in total. The molecule has 2 aliphatic rings. The molecule has 1 spiro atoms. The molecule has 3 rings (SSSR count). The van der Waals surface area contributed by atoms with Crippen LogP contribution in [0, 0.1) is 17.0 Å². The average Bonchev–Trinajstić information content (AvgIpc) is 2.69. The fraction of sp³-hybridized carbons (Fsp3) is 0.625. The van der Waals surface area contributed by atoms with Crippen LogP contribution in [0.1, 0.15) is 44.9 Å². The Kier molecular flexibility index (Phi) is 3.67. The van der Waals surface area contributed by atoms with Crippen molar-refractivity contribution in [3.05, 3.63) is 29.8 Å². The Labute approximate surface area is 117 Å². The highest BCUT2D eigenvalue weighted by Gasteiger charge is 2.55. The maximum Gasteiger partial charge on any atom is 0.167 e. The third-order valence-electron chi connectivity index (χ3n) is 4.94. The third-order valence-corrected chi connectivity index (χ3v) is 4.94. The van der Waals surface area contributed by atoms with Crippen LogP contribution in [0.2, 0.25) is 0 Å². The molecule has 0 bridgehead atoms. The van der Waals surface area contributed by atoms with Crippen LogP contribution in [0.25, 0.3) is 0 Å². The number of aliphatic hydroxyl groups is 1. The smallest absolute Gasteiger partial charge is 0.167 e. The lowest BCUT2D eigenvalue weighted by Gasteiger charge is -2.53. The van der Waals surface area contributed by atoms with Gasteiger partial charge in [0, 0.05) is 17.9 Å². The quantitative estimate of drug-likeness (QED) is 0.893. The standard InChI is InChI=1S/C16H20F2O2/c17-11-5-6-13(12(18)9-11)20-15-10-14(19)16(15)7-3-1-2-4-8-16/h5-6,9,14-15,19H,1-4,7-8,10H2. The topological polar surface area (TPSA) is 29.5 Å². The number of aliphatic hydroxyl groups excluding tert-OH is 1. The number of ether oxygens (including phenoxy) is 1. The molecule has 2 unspecified atom stereocenters. The van der Waals surface area contributed by atoms with Gasteiger partial charge in [-0.05, 0) is 25.0 Å². The minimum atomic E-state index is -0.671. The normalized spacial score (nSPS) is 28.8. The number of hydrogen-bond donors (Lipinski definition) is 1. The van der Waals surface area contributed by atoms with Crippen LogP contribution < -0.4 is 4.74 Å². The molecule has 2 fully saturated rings. The first kappa shape index (κ1) is 13.8. The van der Waals surface area contributed by atoms with E-state index in [1.807, 2.05) is 0 Å². The molecular weight excluding hydrogens is 262 g/mol. The summed E-state index contributed by atoms with van der Waals surface area (Å²) in [6.07, 6.45) is 6.44. The van der Waals surface area contributed by atoms with Gasteiger partial charge in [0.25, 0.3) is 0 Å². The average molecular weight is 282 g/mol. The zero-order valence-corrected chi connectivity index (χ0v) is 11.4. The first-order chi connectivity index (χ1) is 9.62. The Morgan fingerprint density at radius 2 is 1.80 bits per heavy atom. The van der Waals surface area contributed by atoms with E-state index in [1.165, 1.54) is 25.0 Å². The molecule has 4 heteroatoms. The van der Waals surface area contributed by atoms with Crippen LogP contribution in [-0.2, 0) is 0 Å². The van der Waals surface area contributed by atoms with Gasteiger partial charge in [-0.1, -0.05) is 25.7 Å². The summed E-state index contributed by atoms with van der Waals surface area (Å²) in [5.41, 5.74) is -0.225. The molecule has 2 aliphatic carbocycles. The maximum atomic E-state index is 13.7. The summed E-state index contributed by atoms with van der Waals surface area (Å²) in [7, 11) is 0. The van der Waals surface area contributed by atoms with Gasteiger partial charge in [0.2, 0.25) is 0 Å². The van der Waals surface area contributed by atoms with Crippen LogP contribution in [0.15, 0.2) is 18.2 Å². The van der Waals surface area contributed by atoms with Gasteiger partial charge < -0.3 is 9.84 Å². The maximum absolute atomic E-state index is 13.7. The fourth-order valence-corrected chi connectivity index (χ4v) is 3.66. The molecule has 0 aliphatic heterocycles. The van der Waals surface area contributed by atoms with Crippen molar-refractivity contribution in [2.45, 2.75) is 57.2 Å². The second-order valence-electron chi connectivity index (χ2n) is 6.08. The van der Waals surface area contributed by atoms with E-state index in [4.69, 9.17) is 4.74 Å². The first-order valence-electron chi connectivity index (χ1n) is 7.41. The molecule has 1 aromatic rings.